The van der Waals surface area contributed by atoms with E-state index in [2.05, 4.69) is 81.8 Å². The second-order valence-electron chi connectivity index (χ2n) is 6.74. The van der Waals surface area contributed by atoms with Crippen LogP contribution in [0.5, 0.6) is 0 Å². The molecule has 0 saturated carbocycles. The van der Waals surface area contributed by atoms with Gasteiger partial charge in [0.15, 0.2) is 0 Å². The fraction of sp³-hybridized carbons (Fsp3) is 0.474. The van der Waals surface area contributed by atoms with Gasteiger partial charge in [-0.2, -0.15) is 0 Å². The number of halogens is 1. The van der Waals surface area contributed by atoms with Crippen molar-refractivity contribution in [3.05, 3.63) is 51.9 Å². The number of benzene rings is 1. The maximum absolute atomic E-state index is 4.77. The van der Waals surface area contributed by atoms with Gasteiger partial charge in [0.2, 0.25) is 0 Å². The van der Waals surface area contributed by atoms with E-state index >= 15 is 0 Å². The van der Waals surface area contributed by atoms with Crippen molar-refractivity contribution in [2.75, 3.05) is 31.1 Å². The largest absolute Gasteiger partial charge is 0.354 e. The van der Waals surface area contributed by atoms with Gasteiger partial charge < -0.3 is 4.90 Å². The Morgan fingerprint density at radius 2 is 1.79 bits per heavy atom. The van der Waals surface area contributed by atoms with Crippen molar-refractivity contribution in [1.82, 2.24) is 14.9 Å². The van der Waals surface area contributed by atoms with Gasteiger partial charge in [-0.05, 0) is 18.6 Å². The first kappa shape index (κ1) is 17.4. The van der Waals surface area contributed by atoms with E-state index in [-0.39, 0.29) is 0 Å². The van der Waals surface area contributed by atoms with Gasteiger partial charge in [0.05, 0.1) is 0 Å². The highest BCUT2D eigenvalue weighted by atomic mass is 79.9. The molecule has 128 valence electrons. The average molecular weight is 389 g/mol. The predicted molar refractivity (Wildman–Crippen MR) is 102 cm³/mol. The molecule has 2 heterocycles. The Labute approximate surface area is 153 Å². The van der Waals surface area contributed by atoms with Crippen LogP contribution in [0, 0.1) is 6.92 Å². The van der Waals surface area contributed by atoms with Gasteiger partial charge in [-0.3, -0.25) is 4.90 Å². The lowest BCUT2D eigenvalue weighted by Gasteiger charge is -2.35. The van der Waals surface area contributed by atoms with Gasteiger partial charge in [0.1, 0.15) is 11.6 Å². The summed E-state index contributed by atoms with van der Waals surface area (Å²) >= 11 is 3.65. The molecule has 1 aromatic heterocycles. The van der Waals surface area contributed by atoms with Crippen LogP contribution in [0.4, 0.5) is 5.82 Å². The van der Waals surface area contributed by atoms with E-state index in [0.29, 0.717) is 5.92 Å². The van der Waals surface area contributed by atoms with Crippen molar-refractivity contribution < 1.29 is 0 Å². The fourth-order valence-electron chi connectivity index (χ4n) is 3.00. The van der Waals surface area contributed by atoms with Gasteiger partial charge in [-0.1, -0.05) is 48.0 Å². The van der Waals surface area contributed by atoms with Gasteiger partial charge in [-0.25, -0.2) is 9.97 Å². The van der Waals surface area contributed by atoms with Gasteiger partial charge >= 0.3 is 0 Å². The predicted octanol–water partition coefficient (Wildman–Crippen LogP) is 3.99. The van der Waals surface area contributed by atoms with E-state index < -0.39 is 0 Å². The quantitative estimate of drug-likeness (QED) is 0.792. The topological polar surface area (TPSA) is 32.3 Å². The number of hydrogen-bond acceptors (Lipinski definition) is 4. The maximum atomic E-state index is 4.77. The molecule has 0 radical (unpaired) electrons. The Bertz CT molecular complexity index is 694. The van der Waals surface area contributed by atoms with Crippen LogP contribution in [-0.4, -0.2) is 41.0 Å². The zero-order chi connectivity index (χ0) is 17.1. The highest BCUT2D eigenvalue weighted by molar-refractivity contribution is 9.10. The van der Waals surface area contributed by atoms with Crippen LogP contribution in [-0.2, 0) is 6.54 Å². The van der Waals surface area contributed by atoms with Gasteiger partial charge in [0, 0.05) is 54.9 Å². The molecule has 0 bridgehead atoms. The van der Waals surface area contributed by atoms with E-state index in [4.69, 9.17) is 4.98 Å². The molecule has 0 amide bonds. The third-order valence-electron chi connectivity index (χ3n) is 4.42. The second-order valence-corrected chi connectivity index (χ2v) is 7.59. The number of nitrogens with zero attached hydrogens (tertiary/aromatic N) is 4. The van der Waals surface area contributed by atoms with E-state index in [0.717, 1.165) is 50.1 Å². The molecule has 24 heavy (non-hydrogen) atoms. The molecule has 0 unspecified atom stereocenters. The normalized spacial score (nSPS) is 16.0. The van der Waals surface area contributed by atoms with Crippen LogP contribution in [0.2, 0.25) is 0 Å². The number of anilines is 1. The van der Waals surface area contributed by atoms with Crippen LogP contribution in [0.1, 0.15) is 36.8 Å². The SMILES string of the molecule is Cc1cc(N2CCN(Cc3ccccc3Br)CC2)nc(C(C)C)n1. The van der Waals surface area contributed by atoms with E-state index in [1.807, 2.05) is 0 Å². The van der Waals surface area contributed by atoms with Crippen molar-refractivity contribution in [2.45, 2.75) is 33.2 Å². The van der Waals surface area contributed by atoms with Gasteiger partial charge in [0.25, 0.3) is 0 Å². The van der Waals surface area contributed by atoms with Gasteiger partial charge in [-0.15, -0.1) is 0 Å². The first-order valence-corrected chi connectivity index (χ1v) is 9.38. The van der Waals surface area contributed by atoms with Crippen molar-refractivity contribution >= 4 is 21.7 Å². The summed E-state index contributed by atoms with van der Waals surface area (Å²) in [7, 11) is 0. The fourth-order valence-corrected chi connectivity index (χ4v) is 3.41. The molecule has 0 atom stereocenters. The van der Waals surface area contributed by atoms with Crippen LogP contribution in [0.3, 0.4) is 0 Å². The summed E-state index contributed by atoms with van der Waals surface area (Å²) < 4.78 is 1.19. The summed E-state index contributed by atoms with van der Waals surface area (Å²) in [6.45, 7) is 11.5. The minimum absolute atomic E-state index is 0.361. The Kier molecular flexibility index (Phi) is 5.51. The monoisotopic (exact) mass is 388 g/mol. The van der Waals surface area contributed by atoms with Crippen molar-refractivity contribution in [3.8, 4) is 0 Å². The summed E-state index contributed by atoms with van der Waals surface area (Å²) in [6, 6.07) is 10.6. The molecule has 5 heteroatoms. The molecule has 0 spiro atoms. The summed E-state index contributed by atoms with van der Waals surface area (Å²) in [6.07, 6.45) is 0. The summed E-state index contributed by atoms with van der Waals surface area (Å²) in [4.78, 5) is 14.2. The summed E-state index contributed by atoms with van der Waals surface area (Å²) in [5, 5.41) is 0. The van der Waals surface area contributed by atoms with E-state index in [1.165, 1.54) is 10.0 Å². The van der Waals surface area contributed by atoms with E-state index in [9.17, 15) is 0 Å². The molecular weight excluding hydrogens is 364 g/mol. The molecule has 1 aromatic carbocycles. The number of rotatable bonds is 4. The lowest BCUT2D eigenvalue weighted by atomic mass is 10.2. The number of aryl methyl sites for hydroxylation is 1. The Balaban J connectivity index is 1.64. The molecule has 1 aliphatic heterocycles. The van der Waals surface area contributed by atoms with Crippen LogP contribution in [0.15, 0.2) is 34.8 Å². The molecule has 0 aliphatic carbocycles. The van der Waals surface area contributed by atoms with Crippen molar-refractivity contribution in [3.63, 3.8) is 0 Å². The number of piperazine rings is 1. The molecule has 1 saturated heterocycles. The molecule has 2 aromatic rings. The van der Waals surface area contributed by atoms with Crippen LogP contribution in [0.25, 0.3) is 0 Å². The van der Waals surface area contributed by atoms with E-state index in [1.54, 1.807) is 0 Å². The third kappa shape index (κ3) is 4.14. The zero-order valence-corrected chi connectivity index (χ0v) is 16.3. The zero-order valence-electron chi connectivity index (χ0n) is 14.7. The number of aromatic nitrogens is 2. The highest BCUT2D eigenvalue weighted by Gasteiger charge is 2.20. The molecule has 1 fully saturated rings. The lowest BCUT2D eigenvalue weighted by Crippen LogP contribution is -2.46. The smallest absolute Gasteiger partial charge is 0.133 e. The molecule has 1 aliphatic rings. The highest BCUT2D eigenvalue weighted by Crippen LogP contribution is 2.21. The summed E-state index contributed by atoms with van der Waals surface area (Å²) in [5.74, 6) is 2.38. The maximum Gasteiger partial charge on any atom is 0.133 e. The number of hydrogen-bond donors (Lipinski definition) is 0. The minimum atomic E-state index is 0.361. The average Bonchev–Trinajstić information content (AvgIpc) is 2.57. The van der Waals surface area contributed by atoms with Crippen LogP contribution >= 0.6 is 15.9 Å². The molecule has 0 N–H and O–H groups in total. The standard InChI is InChI=1S/C19H25BrN4/c1-14(2)19-21-15(3)12-18(22-19)24-10-8-23(9-11-24)13-16-6-4-5-7-17(16)20/h4-7,12,14H,8-11,13H2,1-3H3. The molecule has 3 rings (SSSR count). The van der Waals surface area contributed by atoms with Crippen molar-refractivity contribution in [2.24, 2.45) is 0 Å². The second kappa shape index (κ2) is 7.62. The third-order valence-corrected chi connectivity index (χ3v) is 5.20. The Hall–Kier alpha value is -1.46. The Morgan fingerprint density at radius 1 is 1.08 bits per heavy atom. The van der Waals surface area contributed by atoms with Crippen molar-refractivity contribution in [1.29, 1.82) is 0 Å². The first-order chi connectivity index (χ1) is 11.5. The first-order valence-electron chi connectivity index (χ1n) is 8.59. The molecular formula is C19H25BrN4. The lowest BCUT2D eigenvalue weighted by molar-refractivity contribution is 0.249. The summed E-state index contributed by atoms with van der Waals surface area (Å²) in [5.41, 5.74) is 2.41. The Morgan fingerprint density at radius 3 is 2.46 bits per heavy atom. The molecule has 4 nitrogen and oxygen atoms in total. The van der Waals surface area contributed by atoms with Crippen LogP contribution < -0.4 is 4.90 Å². The minimum Gasteiger partial charge on any atom is -0.354 e.